The van der Waals surface area contributed by atoms with Crippen molar-refractivity contribution in [3.63, 3.8) is 0 Å². The summed E-state index contributed by atoms with van der Waals surface area (Å²) in [5, 5.41) is 7.06. The Bertz CT molecular complexity index is 3260. The summed E-state index contributed by atoms with van der Waals surface area (Å²) in [5.41, 5.74) is 10.9. The summed E-state index contributed by atoms with van der Waals surface area (Å²) in [6, 6.07) is 63.3. The maximum atomic E-state index is 16.7. The molecule has 1 aromatic heterocycles. The molecular weight excluding hydrogens is 716 g/mol. The summed E-state index contributed by atoms with van der Waals surface area (Å²) in [6.45, 7) is 2.21. The Balaban J connectivity index is 1.27. The summed E-state index contributed by atoms with van der Waals surface area (Å²) < 4.78 is 19.4. The van der Waals surface area contributed by atoms with E-state index in [1.54, 1.807) is 6.07 Å². The number of rotatable bonds is 5. The van der Waals surface area contributed by atoms with Gasteiger partial charge in [-0.3, -0.25) is 0 Å². The molecule has 270 valence electrons. The minimum absolute atomic E-state index is 0.243. The number of fused-ring (bicyclic) bond motifs is 9. The average Bonchev–Trinajstić information content (AvgIpc) is 3.81. The molecule has 1 unspecified atom stereocenters. The number of amidine groups is 1. The molecular formula is C53H36FN2S+. The van der Waals surface area contributed by atoms with Crippen molar-refractivity contribution in [2.75, 3.05) is 7.05 Å². The Morgan fingerprint density at radius 3 is 1.75 bits per heavy atom. The monoisotopic (exact) mass is 751 g/mol. The van der Waals surface area contributed by atoms with Gasteiger partial charge >= 0.3 is 0 Å². The van der Waals surface area contributed by atoms with Crippen LogP contribution in [0, 0.1) is 12.7 Å². The zero-order valence-electron chi connectivity index (χ0n) is 31.5. The molecule has 0 saturated carbocycles. The van der Waals surface area contributed by atoms with Crippen LogP contribution in [0.4, 0.5) is 21.5 Å². The summed E-state index contributed by atoms with van der Waals surface area (Å²) in [7, 11) is 2.27. The molecule has 0 aliphatic carbocycles. The normalized spacial score (nSPS) is 15.1. The number of hydrogen-bond donors (Lipinski definition) is 0. The number of aryl methyl sites for hydroxylation is 1. The van der Waals surface area contributed by atoms with Crippen molar-refractivity contribution in [2.45, 2.75) is 6.92 Å². The van der Waals surface area contributed by atoms with Crippen LogP contribution in [0.3, 0.4) is 0 Å². The number of hydrogen-bond acceptors (Lipinski definition) is 2. The van der Waals surface area contributed by atoms with E-state index in [0.29, 0.717) is 5.56 Å². The van der Waals surface area contributed by atoms with Gasteiger partial charge in [0.2, 0.25) is 5.84 Å². The fraction of sp³-hybridized carbons (Fsp3) is 0.0377. The highest BCUT2D eigenvalue weighted by molar-refractivity contribution is 7.26. The summed E-state index contributed by atoms with van der Waals surface area (Å²) in [4.78, 5) is 5.81. The lowest BCUT2D eigenvalue weighted by atomic mass is 9.93. The molecule has 2 heterocycles. The Kier molecular flexibility index (Phi) is 7.62. The highest BCUT2D eigenvalue weighted by atomic mass is 32.1. The first-order valence-corrected chi connectivity index (χ1v) is 20.2. The van der Waals surface area contributed by atoms with Crippen LogP contribution >= 0.6 is 11.3 Å². The van der Waals surface area contributed by atoms with Crippen LogP contribution in [0.15, 0.2) is 187 Å². The summed E-state index contributed by atoms with van der Waals surface area (Å²) in [5.74, 6) is 0.655. The lowest BCUT2D eigenvalue weighted by Crippen LogP contribution is -2.44. The minimum Gasteiger partial charge on any atom is -0.209 e. The van der Waals surface area contributed by atoms with Gasteiger partial charge in [-0.15, -0.1) is 11.3 Å². The maximum absolute atomic E-state index is 16.7. The van der Waals surface area contributed by atoms with Gasteiger partial charge in [-0.25, -0.2) is 8.87 Å². The van der Waals surface area contributed by atoms with E-state index >= 15 is 4.39 Å². The molecule has 2 nitrogen and oxygen atoms in total. The fourth-order valence-electron chi connectivity index (χ4n) is 9.17. The molecule has 9 aromatic carbocycles. The quantitative estimate of drug-likeness (QED) is 0.123. The van der Waals surface area contributed by atoms with E-state index in [2.05, 4.69) is 141 Å². The van der Waals surface area contributed by atoms with Gasteiger partial charge in [0.25, 0.3) is 0 Å². The smallest absolute Gasteiger partial charge is 0.209 e. The van der Waals surface area contributed by atoms with Crippen molar-refractivity contribution in [3.05, 3.63) is 199 Å². The van der Waals surface area contributed by atoms with Crippen molar-refractivity contribution >= 4 is 76.0 Å². The summed E-state index contributed by atoms with van der Waals surface area (Å²) in [6.07, 6.45) is 0. The second-order valence-electron chi connectivity index (χ2n) is 15.1. The van der Waals surface area contributed by atoms with Crippen LogP contribution in [-0.4, -0.2) is 12.9 Å². The van der Waals surface area contributed by atoms with Crippen molar-refractivity contribution < 1.29 is 4.39 Å². The molecule has 57 heavy (non-hydrogen) atoms. The topological polar surface area (TPSA) is 12.4 Å². The van der Waals surface area contributed by atoms with Gasteiger partial charge in [-0.1, -0.05) is 152 Å². The van der Waals surface area contributed by atoms with Gasteiger partial charge in [0, 0.05) is 43.4 Å². The van der Waals surface area contributed by atoms with E-state index in [0.717, 1.165) is 55.9 Å². The maximum Gasteiger partial charge on any atom is 0.247 e. The molecule has 0 radical (unpaired) electrons. The Labute approximate surface area is 334 Å². The molecule has 4 heteroatoms. The van der Waals surface area contributed by atoms with Crippen LogP contribution in [0.25, 0.3) is 75.1 Å². The standard InChI is InChI=1S/C53H36FN2S/c1-33-26-28-43(52-49(33)42-29-27-37(30-48(42)57-52)34-16-6-3-7-17-34)53-55-50-40-24-14-12-22-38(40)39-23-13-15-25-41(39)51(50)56(53,2)47-32-44(35-18-8-4-9-19-35)46(54)31-45(47)36-20-10-5-11-21-36/h3-32H,1-2H3/q+1. The van der Waals surface area contributed by atoms with E-state index in [1.165, 1.54) is 47.6 Å². The third-order valence-corrected chi connectivity index (χ3v) is 13.1. The molecule has 1 atom stereocenters. The lowest BCUT2D eigenvalue weighted by Gasteiger charge is -2.33. The second kappa shape index (κ2) is 12.9. The molecule has 11 rings (SSSR count). The van der Waals surface area contributed by atoms with Crippen molar-refractivity contribution in [1.82, 2.24) is 4.48 Å². The predicted octanol–water partition coefficient (Wildman–Crippen LogP) is 15.2. The Hall–Kier alpha value is -6.72. The fourth-order valence-corrected chi connectivity index (χ4v) is 10.5. The highest BCUT2D eigenvalue weighted by Crippen LogP contribution is 2.57. The van der Waals surface area contributed by atoms with Gasteiger partial charge in [0.15, 0.2) is 11.4 Å². The van der Waals surface area contributed by atoms with Gasteiger partial charge in [0.1, 0.15) is 11.5 Å². The molecule has 0 bridgehead atoms. The Morgan fingerprint density at radius 2 is 1.07 bits per heavy atom. The zero-order valence-corrected chi connectivity index (χ0v) is 32.3. The van der Waals surface area contributed by atoms with Crippen molar-refractivity contribution in [3.8, 4) is 33.4 Å². The number of halogens is 1. The van der Waals surface area contributed by atoms with Gasteiger partial charge in [0.05, 0.1) is 17.3 Å². The van der Waals surface area contributed by atoms with Crippen LogP contribution in [0.2, 0.25) is 0 Å². The van der Waals surface area contributed by atoms with Gasteiger partial charge < -0.3 is 0 Å². The van der Waals surface area contributed by atoms with E-state index in [-0.39, 0.29) is 10.3 Å². The van der Waals surface area contributed by atoms with Crippen LogP contribution in [0.1, 0.15) is 11.1 Å². The van der Waals surface area contributed by atoms with E-state index in [4.69, 9.17) is 4.99 Å². The first-order valence-electron chi connectivity index (χ1n) is 19.4. The number of quaternary nitrogens is 1. The minimum atomic E-state index is -0.256. The lowest BCUT2D eigenvalue weighted by molar-refractivity contribution is 0.628. The first kappa shape index (κ1) is 33.6. The van der Waals surface area contributed by atoms with E-state index < -0.39 is 0 Å². The second-order valence-corrected chi connectivity index (χ2v) is 16.2. The molecule has 1 aliphatic rings. The molecule has 0 amide bonds. The number of aliphatic imine (C=N–C) groups is 1. The van der Waals surface area contributed by atoms with Crippen LogP contribution in [0.5, 0.6) is 0 Å². The van der Waals surface area contributed by atoms with Crippen LogP contribution < -0.4 is 4.48 Å². The predicted molar refractivity (Wildman–Crippen MR) is 242 cm³/mol. The van der Waals surface area contributed by atoms with Crippen molar-refractivity contribution in [1.29, 1.82) is 0 Å². The SMILES string of the molecule is Cc1ccc(C2=Nc3c(c4ccccc4c4ccccc34)[N+]2(C)c2cc(-c3ccccc3)c(F)cc2-c2ccccc2)c2sc3cc(-c4ccccc4)ccc3c12. The van der Waals surface area contributed by atoms with E-state index in [9.17, 15) is 0 Å². The highest BCUT2D eigenvalue weighted by Gasteiger charge is 2.48. The molecule has 0 saturated heterocycles. The molecule has 0 spiro atoms. The van der Waals surface area contributed by atoms with Crippen molar-refractivity contribution in [2.24, 2.45) is 4.99 Å². The number of nitrogens with zero attached hydrogens (tertiary/aromatic N) is 2. The number of thiophene rings is 1. The summed E-state index contributed by atoms with van der Waals surface area (Å²) >= 11 is 1.83. The average molecular weight is 752 g/mol. The van der Waals surface area contributed by atoms with Crippen LogP contribution in [-0.2, 0) is 0 Å². The zero-order chi connectivity index (χ0) is 38.3. The van der Waals surface area contributed by atoms with Gasteiger partial charge in [-0.2, -0.15) is 4.99 Å². The third kappa shape index (κ3) is 5.08. The van der Waals surface area contributed by atoms with Gasteiger partial charge in [-0.05, 0) is 69.8 Å². The third-order valence-electron chi connectivity index (χ3n) is 11.9. The van der Waals surface area contributed by atoms with E-state index in [1.807, 2.05) is 59.9 Å². The first-order chi connectivity index (χ1) is 28.0. The number of benzene rings is 9. The largest absolute Gasteiger partial charge is 0.247 e. The molecule has 0 N–H and O–H groups in total. The Morgan fingerprint density at radius 1 is 0.491 bits per heavy atom. The molecule has 10 aromatic rings. The molecule has 0 fully saturated rings. The molecule has 1 aliphatic heterocycles.